The maximum atomic E-state index is 13.6. The molecule has 1 aliphatic rings. The van der Waals surface area contributed by atoms with Gasteiger partial charge in [-0.3, -0.25) is 0 Å². The first-order valence-corrected chi connectivity index (χ1v) is 4.93. The van der Waals surface area contributed by atoms with Crippen LogP contribution >= 0.6 is 0 Å². The minimum Gasteiger partial charge on any atom is -0.490 e. The van der Waals surface area contributed by atoms with Crippen LogP contribution in [0.1, 0.15) is 18.5 Å². The van der Waals surface area contributed by atoms with Gasteiger partial charge in [0.1, 0.15) is 5.82 Å². The van der Waals surface area contributed by atoms with Crippen molar-refractivity contribution in [3.8, 4) is 5.75 Å². The Kier molecular flexibility index (Phi) is 2.61. The van der Waals surface area contributed by atoms with Crippen LogP contribution < -0.4 is 10.1 Å². The molecule has 1 heterocycles. The Balaban J connectivity index is 2.56. The van der Waals surface area contributed by atoms with E-state index in [-0.39, 0.29) is 17.7 Å². The van der Waals surface area contributed by atoms with Gasteiger partial charge < -0.3 is 10.1 Å². The summed E-state index contributed by atoms with van der Waals surface area (Å²) in [6, 6.07) is 2.04. The van der Waals surface area contributed by atoms with Crippen LogP contribution in [-0.4, -0.2) is 13.7 Å². The van der Waals surface area contributed by atoms with Crippen molar-refractivity contribution < 1.29 is 13.5 Å². The molecular weight excluding hydrogens is 200 g/mol. The Labute approximate surface area is 87.2 Å². The highest BCUT2D eigenvalue weighted by Crippen LogP contribution is 2.38. The molecule has 2 unspecified atom stereocenters. The van der Waals surface area contributed by atoms with Gasteiger partial charge in [-0.15, -0.1) is 0 Å². The van der Waals surface area contributed by atoms with Crippen LogP contribution in [-0.2, 0) is 0 Å². The Morgan fingerprint density at radius 2 is 2.00 bits per heavy atom. The summed E-state index contributed by atoms with van der Waals surface area (Å²) in [5.74, 6) is -0.748. The van der Waals surface area contributed by atoms with E-state index in [1.165, 1.54) is 0 Å². The molecule has 0 fully saturated rings. The lowest BCUT2D eigenvalue weighted by molar-refractivity contribution is 0.180. The summed E-state index contributed by atoms with van der Waals surface area (Å²) in [5, 5.41) is 2.99. The molecule has 0 bridgehead atoms. The molecule has 1 aromatic rings. The summed E-state index contributed by atoms with van der Waals surface area (Å²) < 4.78 is 32.2. The molecule has 0 amide bonds. The number of hydrogen-bond acceptors (Lipinski definition) is 2. The smallest absolute Gasteiger partial charge is 0.165 e. The van der Waals surface area contributed by atoms with Gasteiger partial charge in [-0.1, -0.05) is 6.92 Å². The summed E-state index contributed by atoms with van der Waals surface area (Å²) in [6.45, 7) is 2.34. The van der Waals surface area contributed by atoms with Gasteiger partial charge in [-0.2, -0.15) is 0 Å². The summed E-state index contributed by atoms with van der Waals surface area (Å²) in [4.78, 5) is 0. The summed E-state index contributed by atoms with van der Waals surface area (Å²) in [6.07, 6.45) is 0. The van der Waals surface area contributed by atoms with Crippen molar-refractivity contribution in [2.24, 2.45) is 5.92 Å². The molecular formula is C11H13F2NO. The Bertz CT molecular complexity index is 381. The van der Waals surface area contributed by atoms with E-state index in [9.17, 15) is 8.78 Å². The molecule has 1 N–H and O–H groups in total. The van der Waals surface area contributed by atoms with Crippen LogP contribution in [0.25, 0.3) is 0 Å². The molecule has 2 rings (SSSR count). The number of benzene rings is 1. The predicted octanol–water partition coefficient (Wildman–Crippen LogP) is 2.25. The lowest BCUT2D eigenvalue weighted by atomic mass is 9.91. The molecule has 0 saturated heterocycles. The van der Waals surface area contributed by atoms with Crippen LogP contribution in [0.5, 0.6) is 5.75 Å². The van der Waals surface area contributed by atoms with E-state index < -0.39 is 11.6 Å². The molecule has 0 spiro atoms. The third-order valence-electron chi connectivity index (χ3n) is 2.78. The first-order valence-electron chi connectivity index (χ1n) is 4.93. The van der Waals surface area contributed by atoms with Crippen molar-refractivity contribution in [1.29, 1.82) is 0 Å². The first-order chi connectivity index (χ1) is 7.15. The van der Waals surface area contributed by atoms with E-state index in [4.69, 9.17) is 4.74 Å². The van der Waals surface area contributed by atoms with Crippen LogP contribution in [0.2, 0.25) is 0 Å². The normalized spacial score (nSPS) is 24.5. The SMILES string of the molecule is CNC1c2c(F)ccc(F)c2OCC1C. The van der Waals surface area contributed by atoms with Gasteiger partial charge in [-0.05, 0) is 19.2 Å². The largest absolute Gasteiger partial charge is 0.490 e. The van der Waals surface area contributed by atoms with Gasteiger partial charge >= 0.3 is 0 Å². The zero-order valence-corrected chi connectivity index (χ0v) is 8.68. The topological polar surface area (TPSA) is 21.3 Å². The van der Waals surface area contributed by atoms with Gasteiger partial charge in [0.05, 0.1) is 12.2 Å². The maximum absolute atomic E-state index is 13.6. The highest BCUT2D eigenvalue weighted by Gasteiger charge is 2.31. The summed E-state index contributed by atoms with van der Waals surface area (Å²) in [5.41, 5.74) is 0.302. The standard InChI is InChI=1S/C11H13F2NO/c1-6-5-15-11-8(13)4-3-7(12)9(11)10(6)14-2/h3-4,6,10,14H,5H2,1-2H3. The Morgan fingerprint density at radius 1 is 1.33 bits per heavy atom. The molecule has 82 valence electrons. The van der Waals surface area contributed by atoms with Gasteiger partial charge in [0.2, 0.25) is 0 Å². The molecule has 0 aromatic heterocycles. The van der Waals surface area contributed by atoms with Crippen molar-refractivity contribution >= 4 is 0 Å². The lowest BCUT2D eigenvalue weighted by Crippen LogP contribution is -2.33. The fourth-order valence-electron chi connectivity index (χ4n) is 2.01. The molecule has 1 aromatic carbocycles. The van der Waals surface area contributed by atoms with Gasteiger partial charge in [0.25, 0.3) is 0 Å². The van der Waals surface area contributed by atoms with E-state index in [1.807, 2.05) is 6.92 Å². The molecule has 0 aliphatic carbocycles. The third kappa shape index (κ3) is 1.59. The van der Waals surface area contributed by atoms with Crippen LogP contribution in [0.4, 0.5) is 8.78 Å². The minimum absolute atomic E-state index is 0.0486. The second-order valence-corrected chi connectivity index (χ2v) is 3.83. The van der Waals surface area contributed by atoms with Gasteiger partial charge in [-0.25, -0.2) is 8.78 Å². The fraction of sp³-hybridized carbons (Fsp3) is 0.455. The van der Waals surface area contributed by atoms with Crippen molar-refractivity contribution in [3.63, 3.8) is 0 Å². The van der Waals surface area contributed by atoms with Crippen LogP contribution in [0.3, 0.4) is 0 Å². The molecule has 0 radical (unpaired) electrons. The van der Waals surface area contributed by atoms with Crippen molar-refractivity contribution in [2.45, 2.75) is 13.0 Å². The van der Waals surface area contributed by atoms with E-state index >= 15 is 0 Å². The number of halogens is 2. The maximum Gasteiger partial charge on any atom is 0.165 e. The van der Waals surface area contributed by atoms with Crippen LogP contribution in [0, 0.1) is 17.6 Å². The monoisotopic (exact) mass is 213 g/mol. The average Bonchev–Trinajstić information content (AvgIpc) is 2.23. The number of rotatable bonds is 1. The van der Waals surface area contributed by atoms with E-state index in [0.29, 0.717) is 12.2 Å². The average molecular weight is 213 g/mol. The van der Waals surface area contributed by atoms with Crippen molar-refractivity contribution in [2.75, 3.05) is 13.7 Å². The van der Waals surface area contributed by atoms with Gasteiger partial charge in [0.15, 0.2) is 11.6 Å². The zero-order valence-electron chi connectivity index (χ0n) is 8.68. The molecule has 4 heteroatoms. The number of fused-ring (bicyclic) bond motifs is 1. The van der Waals surface area contributed by atoms with Crippen molar-refractivity contribution in [1.82, 2.24) is 5.32 Å². The van der Waals surface area contributed by atoms with Gasteiger partial charge in [0, 0.05) is 12.0 Å². The van der Waals surface area contributed by atoms with E-state index in [0.717, 1.165) is 12.1 Å². The molecule has 1 aliphatic heterocycles. The van der Waals surface area contributed by atoms with Crippen LogP contribution in [0.15, 0.2) is 12.1 Å². The highest BCUT2D eigenvalue weighted by molar-refractivity contribution is 5.40. The Hall–Kier alpha value is -1.16. The zero-order chi connectivity index (χ0) is 11.0. The summed E-state index contributed by atoms with van der Waals surface area (Å²) in [7, 11) is 1.74. The second-order valence-electron chi connectivity index (χ2n) is 3.83. The molecule has 2 atom stereocenters. The molecule has 15 heavy (non-hydrogen) atoms. The first kappa shape index (κ1) is 10.4. The lowest BCUT2D eigenvalue weighted by Gasteiger charge is -2.31. The van der Waals surface area contributed by atoms with E-state index in [2.05, 4.69) is 5.32 Å². The third-order valence-corrected chi connectivity index (χ3v) is 2.78. The number of nitrogens with one attached hydrogen (secondary N) is 1. The number of ether oxygens (including phenoxy) is 1. The fourth-order valence-corrected chi connectivity index (χ4v) is 2.01. The predicted molar refractivity (Wildman–Crippen MR) is 52.8 cm³/mol. The van der Waals surface area contributed by atoms with Crippen molar-refractivity contribution in [3.05, 3.63) is 29.3 Å². The second kappa shape index (κ2) is 3.77. The Morgan fingerprint density at radius 3 is 2.67 bits per heavy atom. The van der Waals surface area contributed by atoms with E-state index in [1.54, 1.807) is 7.05 Å². The molecule has 0 saturated carbocycles. The number of hydrogen-bond donors (Lipinski definition) is 1. The summed E-state index contributed by atoms with van der Waals surface area (Å²) >= 11 is 0. The minimum atomic E-state index is -0.501. The highest BCUT2D eigenvalue weighted by atomic mass is 19.1. The quantitative estimate of drug-likeness (QED) is 0.772. The molecule has 2 nitrogen and oxygen atoms in total.